The highest BCUT2D eigenvalue weighted by molar-refractivity contribution is 5.02. The van der Waals surface area contributed by atoms with Gasteiger partial charge in [-0.15, -0.1) is 0 Å². The van der Waals surface area contributed by atoms with Crippen molar-refractivity contribution in [3.8, 4) is 0 Å². The molecule has 1 nitrogen and oxygen atoms in total. The number of aliphatic hydroxyl groups excluding tert-OH is 1. The average molecular weight is 182 g/mol. The van der Waals surface area contributed by atoms with Crippen LogP contribution in [-0.4, -0.2) is 11.2 Å². The van der Waals surface area contributed by atoms with E-state index in [0.717, 1.165) is 12.8 Å². The monoisotopic (exact) mass is 182 g/mol. The summed E-state index contributed by atoms with van der Waals surface area (Å²) in [7, 11) is 0. The molecular formula is C12H22O. The average Bonchev–Trinajstić information content (AvgIpc) is 1.93. The molecule has 0 spiro atoms. The van der Waals surface area contributed by atoms with Crippen molar-refractivity contribution < 1.29 is 5.11 Å². The lowest BCUT2D eigenvalue weighted by Gasteiger charge is -2.37. The van der Waals surface area contributed by atoms with E-state index in [1.807, 2.05) is 0 Å². The summed E-state index contributed by atoms with van der Waals surface area (Å²) >= 11 is 0. The van der Waals surface area contributed by atoms with Gasteiger partial charge in [-0.1, -0.05) is 25.5 Å². The Kier molecular flexibility index (Phi) is 3.18. The highest BCUT2D eigenvalue weighted by Gasteiger charge is 2.32. The first kappa shape index (κ1) is 10.8. The van der Waals surface area contributed by atoms with Crippen LogP contribution in [0.4, 0.5) is 0 Å². The van der Waals surface area contributed by atoms with Crippen LogP contribution < -0.4 is 0 Å². The molecular weight excluding hydrogens is 160 g/mol. The molecule has 1 heteroatoms. The minimum Gasteiger partial charge on any atom is -0.392 e. The van der Waals surface area contributed by atoms with Crippen LogP contribution in [0.25, 0.3) is 0 Å². The highest BCUT2D eigenvalue weighted by atomic mass is 16.3. The first-order chi connectivity index (χ1) is 5.91. The second kappa shape index (κ2) is 3.83. The fourth-order valence-corrected chi connectivity index (χ4v) is 2.19. The Balaban J connectivity index is 2.59. The molecule has 0 aromatic rings. The summed E-state index contributed by atoms with van der Waals surface area (Å²) in [6.07, 6.45) is 5.41. The molecule has 0 heterocycles. The van der Waals surface area contributed by atoms with Crippen molar-refractivity contribution in [1.29, 1.82) is 0 Å². The van der Waals surface area contributed by atoms with E-state index in [-0.39, 0.29) is 6.10 Å². The standard InChI is InChI=1S/C12H22O/c1-9(2)7-10-5-6-12(3,4)8-11(10)13/h7,10-11,13H,5-6,8H2,1-4H3. The molecule has 2 unspecified atom stereocenters. The van der Waals surface area contributed by atoms with Crippen LogP contribution in [0.15, 0.2) is 11.6 Å². The summed E-state index contributed by atoms with van der Waals surface area (Å²) in [5, 5.41) is 9.91. The van der Waals surface area contributed by atoms with Crippen molar-refractivity contribution in [3.63, 3.8) is 0 Å². The number of hydrogen-bond acceptors (Lipinski definition) is 1. The van der Waals surface area contributed by atoms with Crippen molar-refractivity contribution in [2.45, 2.75) is 53.1 Å². The van der Waals surface area contributed by atoms with Crippen molar-refractivity contribution in [3.05, 3.63) is 11.6 Å². The van der Waals surface area contributed by atoms with E-state index in [9.17, 15) is 5.11 Å². The summed E-state index contributed by atoms with van der Waals surface area (Å²) < 4.78 is 0. The second-order valence-electron chi connectivity index (χ2n) is 5.38. The minimum absolute atomic E-state index is 0.126. The van der Waals surface area contributed by atoms with Crippen LogP contribution in [0.5, 0.6) is 0 Å². The first-order valence-corrected chi connectivity index (χ1v) is 5.24. The summed E-state index contributed by atoms with van der Waals surface area (Å²) in [5.41, 5.74) is 1.66. The van der Waals surface area contributed by atoms with Gasteiger partial charge >= 0.3 is 0 Å². The molecule has 0 amide bonds. The SMILES string of the molecule is CC(C)=CC1CCC(C)(C)CC1O. The van der Waals surface area contributed by atoms with E-state index in [2.05, 4.69) is 33.8 Å². The van der Waals surface area contributed by atoms with E-state index in [1.165, 1.54) is 12.0 Å². The number of aliphatic hydroxyl groups is 1. The van der Waals surface area contributed by atoms with Gasteiger partial charge in [-0.25, -0.2) is 0 Å². The first-order valence-electron chi connectivity index (χ1n) is 5.24. The van der Waals surface area contributed by atoms with Crippen LogP contribution in [0.2, 0.25) is 0 Å². The largest absolute Gasteiger partial charge is 0.392 e. The van der Waals surface area contributed by atoms with Gasteiger partial charge in [0.25, 0.3) is 0 Å². The molecule has 0 aliphatic heterocycles. The predicted molar refractivity (Wildman–Crippen MR) is 56.6 cm³/mol. The molecule has 76 valence electrons. The third-order valence-corrected chi connectivity index (χ3v) is 2.96. The maximum Gasteiger partial charge on any atom is 0.0608 e. The van der Waals surface area contributed by atoms with Gasteiger partial charge in [-0.3, -0.25) is 0 Å². The number of allylic oxidation sites excluding steroid dienone is 1. The number of hydrogen-bond donors (Lipinski definition) is 1. The van der Waals surface area contributed by atoms with Gasteiger partial charge in [0.05, 0.1) is 6.10 Å². The molecule has 0 bridgehead atoms. The fourth-order valence-electron chi connectivity index (χ4n) is 2.19. The van der Waals surface area contributed by atoms with E-state index in [0.29, 0.717) is 11.3 Å². The predicted octanol–water partition coefficient (Wildman–Crippen LogP) is 3.14. The second-order valence-corrected chi connectivity index (χ2v) is 5.38. The van der Waals surface area contributed by atoms with Crippen LogP contribution in [0, 0.1) is 11.3 Å². The van der Waals surface area contributed by atoms with E-state index >= 15 is 0 Å². The number of rotatable bonds is 1. The minimum atomic E-state index is -0.126. The molecule has 0 saturated heterocycles. The van der Waals surface area contributed by atoms with Gasteiger partial charge in [0.2, 0.25) is 0 Å². The van der Waals surface area contributed by atoms with Gasteiger partial charge in [0.1, 0.15) is 0 Å². The Bertz CT molecular complexity index is 199. The Labute approximate surface area is 81.9 Å². The smallest absolute Gasteiger partial charge is 0.0608 e. The third kappa shape index (κ3) is 3.15. The maximum atomic E-state index is 9.91. The summed E-state index contributed by atoms with van der Waals surface area (Å²) in [6, 6.07) is 0. The molecule has 2 atom stereocenters. The molecule has 13 heavy (non-hydrogen) atoms. The summed E-state index contributed by atoms with van der Waals surface area (Å²) in [4.78, 5) is 0. The van der Waals surface area contributed by atoms with Crippen molar-refractivity contribution in [1.82, 2.24) is 0 Å². The fraction of sp³-hybridized carbons (Fsp3) is 0.833. The summed E-state index contributed by atoms with van der Waals surface area (Å²) in [6.45, 7) is 8.70. The van der Waals surface area contributed by atoms with Crippen LogP contribution in [0.1, 0.15) is 47.0 Å². The molecule has 1 aliphatic rings. The van der Waals surface area contributed by atoms with Gasteiger partial charge in [0, 0.05) is 5.92 Å². The highest BCUT2D eigenvalue weighted by Crippen LogP contribution is 2.38. The molecule has 1 aliphatic carbocycles. The van der Waals surface area contributed by atoms with Gasteiger partial charge in [0.15, 0.2) is 0 Å². The van der Waals surface area contributed by atoms with Crippen LogP contribution in [0.3, 0.4) is 0 Å². The zero-order valence-corrected chi connectivity index (χ0v) is 9.30. The molecule has 0 radical (unpaired) electrons. The normalized spacial score (nSPS) is 32.7. The topological polar surface area (TPSA) is 20.2 Å². The van der Waals surface area contributed by atoms with Crippen LogP contribution >= 0.6 is 0 Å². The maximum absolute atomic E-state index is 9.91. The van der Waals surface area contributed by atoms with Crippen LogP contribution in [-0.2, 0) is 0 Å². The lowest BCUT2D eigenvalue weighted by atomic mass is 9.71. The Hall–Kier alpha value is -0.300. The third-order valence-electron chi connectivity index (χ3n) is 2.96. The van der Waals surface area contributed by atoms with Gasteiger partial charge < -0.3 is 5.11 Å². The van der Waals surface area contributed by atoms with E-state index in [1.54, 1.807) is 0 Å². The van der Waals surface area contributed by atoms with Crippen molar-refractivity contribution >= 4 is 0 Å². The Morgan fingerprint density at radius 3 is 2.46 bits per heavy atom. The lowest BCUT2D eigenvalue weighted by molar-refractivity contribution is 0.0342. The molecule has 1 fully saturated rings. The molecule has 1 rings (SSSR count). The van der Waals surface area contributed by atoms with Crippen molar-refractivity contribution in [2.75, 3.05) is 0 Å². The molecule has 1 saturated carbocycles. The zero-order valence-electron chi connectivity index (χ0n) is 9.30. The Morgan fingerprint density at radius 1 is 1.38 bits per heavy atom. The molecule has 1 N–H and O–H groups in total. The summed E-state index contributed by atoms with van der Waals surface area (Å²) in [5.74, 6) is 0.401. The molecule has 0 aromatic carbocycles. The van der Waals surface area contributed by atoms with E-state index in [4.69, 9.17) is 0 Å². The van der Waals surface area contributed by atoms with Gasteiger partial charge in [-0.05, 0) is 38.5 Å². The van der Waals surface area contributed by atoms with Gasteiger partial charge in [-0.2, -0.15) is 0 Å². The Morgan fingerprint density at radius 2 is 2.00 bits per heavy atom. The van der Waals surface area contributed by atoms with E-state index < -0.39 is 0 Å². The molecule has 0 aromatic heterocycles. The quantitative estimate of drug-likeness (QED) is 0.618. The van der Waals surface area contributed by atoms with Crippen molar-refractivity contribution in [2.24, 2.45) is 11.3 Å². The lowest BCUT2D eigenvalue weighted by Crippen LogP contribution is -2.32. The zero-order chi connectivity index (χ0) is 10.1.